The average Bonchev–Trinajstić information content (AvgIpc) is 1.96. The topological polar surface area (TPSA) is 17.1 Å². The molecule has 0 N–H and O–H groups in total. The van der Waals surface area contributed by atoms with E-state index in [2.05, 4.69) is 15.9 Å². The Kier molecular flexibility index (Phi) is 3.16. The number of hydrogen-bond donors (Lipinski definition) is 0. The molecular formula is C8H5BrCl2O. The summed E-state index contributed by atoms with van der Waals surface area (Å²) in [6, 6.07) is 3.31. The monoisotopic (exact) mass is 266 g/mol. The van der Waals surface area contributed by atoms with E-state index in [0.717, 1.165) is 10.0 Å². The van der Waals surface area contributed by atoms with Crippen molar-refractivity contribution in [2.24, 2.45) is 0 Å². The molecule has 1 rings (SSSR count). The summed E-state index contributed by atoms with van der Waals surface area (Å²) in [5.74, 6) is 0. The largest absolute Gasteiger partial charge is 0.276 e. The van der Waals surface area contributed by atoms with Gasteiger partial charge in [0.25, 0.3) is 5.24 Å². The number of carbonyl (C=O) groups is 1. The highest BCUT2D eigenvalue weighted by Gasteiger charge is 2.09. The maximum atomic E-state index is 10.8. The Labute approximate surface area is 88.8 Å². The fourth-order valence-corrected chi connectivity index (χ4v) is 1.65. The van der Waals surface area contributed by atoms with Crippen LogP contribution in [-0.4, -0.2) is 5.24 Å². The van der Waals surface area contributed by atoms with Gasteiger partial charge in [0.2, 0.25) is 0 Å². The zero-order valence-electron chi connectivity index (χ0n) is 6.20. The summed E-state index contributed by atoms with van der Waals surface area (Å²) in [7, 11) is 0. The normalized spacial score (nSPS) is 10.0. The quantitative estimate of drug-likeness (QED) is 0.708. The molecule has 0 saturated heterocycles. The lowest BCUT2D eigenvalue weighted by atomic mass is 10.2. The van der Waals surface area contributed by atoms with Gasteiger partial charge >= 0.3 is 0 Å². The number of rotatable bonds is 1. The molecule has 0 aliphatic carbocycles. The molecule has 4 heteroatoms. The molecule has 0 aliphatic heterocycles. The van der Waals surface area contributed by atoms with Gasteiger partial charge in [-0.25, -0.2) is 0 Å². The molecule has 0 spiro atoms. The van der Waals surface area contributed by atoms with E-state index in [4.69, 9.17) is 23.2 Å². The average molecular weight is 268 g/mol. The fraction of sp³-hybridized carbons (Fsp3) is 0.125. The van der Waals surface area contributed by atoms with Gasteiger partial charge in [0.1, 0.15) is 0 Å². The third-order valence-electron chi connectivity index (χ3n) is 1.46. The standard InChI is InChI=1S/C8H5BrCl2O/c1-4-2-7(10)5(8(11)12)3-6(4)9/h2-3H,1H3. The van der Waals surface area contributed by atoms with Crippen LogP contribution in [0.3, 0.4) is 0 Å². The lowest BCUT2D eigenvalue weighted by Crippen LogP contribution is -1.91. The third kappa shape index (κ3) is 2.00. The van der Waals surface area contributed by atoms with Crippen molar-refractivity contribution in [3.8, 4) is 0 Å². The number of aryl methyl sites for hydroxylation is 1. The molecule has 0 amide bonds. The van der Waals surface area contributed by atoms with Gasteiger partial charge in [-0.2, -0.15) is 0 Å². The Morgan fingerprint density at radius 3 is 2.58 bits per heavy atom. The predicted molar refractivity (Wildman–Crippen MR) is 54.1 cm³/mol. The first-order chi connectivity index (χ1) is 5.52. The van der Waals surface area contributed by atoms with E-state index in [0.29, 0.717) is 10.6 Å². The molecular weight excluding hydrogens is 263 g/mol. The van der Waals surface area contributed by atoms with E-state index in [9.17, 15) is 4.79 Å². The zero-order valence-corrected chi connectivity index (χ0v) is 9.29. The van der Waals surface area contributed by atoms with E-state index in [1.54, 1.807) is 12.1 Å². The minimum Gasteiger partial charge on any atom is -0.276 e. The summed E-state index contributed by atoms with van der Waals surface area (Å²) in [6.07, 6.45) is 0. The lowest BCUT2D eigenvalue weighted by molar-refractivity contribution is 0.108. The molecule has 0 bridgehead atoms. The highest BCUT2D eigenvalue weighted by molar-refractivity contribution is 9.10. The summed E-state index contributed by atoms with van der Waals surface area (Å²) in [6.45, 7) is 1.89. The Bertz CT molecular complexity index is 336. The first kappa shape index (κ1) is 10.0. The van der Waals surface area contributed by atoms with Crippen LogP contribution in [0, 0.1) is 6.92 Å². The minimum absolute atomic E-state index is 0.329. The molecule has 64 valence electrons. The highest BCUT2D eigenvalue weighted by Crippen LogP contribution is 2.25. The van der Waals surface area contributed by atoms with Crippen molar-refractivity contribution in [2.45, 2.75) is 6.92 Å². The Balaban J connectivity index is 3.33. The molecule has 1 aromatic rings. The number of hydrogen-bond acceptors (Lipinski definition) is 1. The molecule has 0 radical (unpaired) electrons. The van der Waals surface area contributed by atoms with Crippen molar-refractivity contribution in [1.29, 1.82) is 0 Å². The van der Waals surface area contributed by atoms with Crippen LogP contribution in [0.15, 0.2) is 16.6 Å². The molecule has 0 atom stereocenters. The van der Waals surface area contributed by atoms with Gasteiger partial charge in [-0.1, -0.05) is 27.5 Å². The maximum Gasteiger partial charge on any atom is 0.253 e. The van der Waals surface area contributed by atoms with Crippen molar-refractivity contribution in [3.63, 3.8) is 0 Å². The van der Waals surface area contributed by atoms with Crippen LogP contribution in [0.5, 0.6) is 0 Å². The van der Waals surface area contributed by atoms with Crippen LogP contribution in [0.2, 0.25) is 5.02 Å². The van der Waals surface area contributed by atoms with Gasteiger partial charge in [-0.15, -0.1) is 0 Å². The van der Waals surface area contributed by atoms with Crippen molar-refractivity contribution in [2.75, 3.05) is 0 Å². The number of halogens is 3. The van der Waals surface area contributed by atoms with Crippen LogP contribution in [0.1, 0.15) is 15.9 Å². The van der Waals surface area contributed by atoms with Gasteiger partial charge in [0.15, 0.2) is 0 Å². The van der Waals surface area contributed by atoms with Crippen LogP contribution < -0.4 is 0 Å². The van der Waals surface area contributed by atoms with Crippen LogP contribution in [-0.2, 0) is 0 Å². The van der Waals surface area contributed by atoms with Gasteiger partial charge in [0.05, 0.1) is 10.6 Å². The second kappa shape index (κ2) is 3.77. The van der Waals surface area contributed by atoms with Crippen LogP contribution >= 0.6 is 39.1 Å². The second-order valence-corrected chi connectivity index (χ2v) is 3.96. The van der Waals surface area contributed by atoms with Crippen molar-refractivity contribution < 1.29 is 4.79 Å². The first-order valence-electron chi connectivity index (χ1n) is 3.18. The van der Waals surface area contributed by atoms with Gasteiger partial charge in [-0.3, -0.25) is 4.79 Å². The summed E-state index contributed by atoms with van der Waals surface area (Å²) in [5, 5.41) is -0.156. The maximum absolute atomic E-state index is 10.8. The zero-order chi connectivity index (χ0) is 9.30. The second-order valence-electron chi connectivity index (χ2n) is 2.35. The van der Waals surface area contributed by atoms with Crippen molar-refractivity contribution >= 4 is 44.4 Å². The highest BCUT2D eigenvalue weighted by atomic mass is 79.9. The van der Waals surface area contributed by atoms with E-state index >= 15 is 0 Å². The number of benzene rings is 1. The molecule has 1 nitrogen and oxygen atoms in total. The SMILES string of the molecule is Cc1cc(Cl)c(C(=O)Cl)cc1Br. The van der Waals surface area contributed by atoms with Gasteiger partial charge < -0.3 is 0 Å². The fourth-order valence-electron chi connectivity index (χ4n) is 0.797. The molecule has 1 aromatic carbocycles. The van der Waals surface area contributed by atoms with E-state index in [-0.39, 0.29) is 0 Å². The van der Waals surface area contributed by atoms with Crippen molar-refractivity contribution in [3.05, 3.63) is 32.8 Å². The Hall–Kier alpha value is -0.0500. The van der Waals surface area contributed by atoms with Gasteiger partial charge in [0, 0.05) is 4.47 Å². The van der Waals surface area contributed by atoms with E-state index in [1.807, 2.05) is 6.92 Å². The molecule has 12 heavy (non-hydrogen) atoms. The third-order valence-corrected chi connectivity index (χ3v) is 2.83. The smallest absolute Gasteiger partial charge is 0.253 e. The lowest BCUT2D eigenvalue weighted by Gasteiger charge is -2.02. The molecule has 0 fully saturated rings. The molecule has 0 aromatic heterocycles. The molecule has 0 aliphatic rings. The Morgan fingerprint density at radius 1 is 1.50 bits per heavy atom. The van der Waals surface area contributed by atoms with E-state index in [1.165, 1.54) is 0 Å². The van der Waals surface area contributed by atoms with Gasteiger partial charge in [-0.05, 0) is 36.2 Å². The minimum atomic E-state index is -0.541. The first-order valence-corrected chi connectivity index (χ1v) is 4.72. The molecule has 0 unspecified atom stereocenters. The molecule has 0 saturated carbocycles. The van der Waals surface area contributed by atoms with Crippen LogP contribution in [0.4, 0.5) is 0 Å². The summed E-state index contributed by atoms with van der Waals surface area (Å²) in [4.78, 5) is 10.8. The molecule has 0 heterocycles. The Morgan fingerprint density at radius 2 is 2.08 bits per heavy atom. The van der Waals surface area contributed by atoms with Crippen molar-refractivity contribution in [1.82, 2.24) is 0 Å². The summed E-state index contributed by atoms with van der Waals surface area (Å²) in [5.41, 5.74) is 1.30. The predicted octanol–water partition coefficient (Wildman–Crippen LogP) is 3.79. The van der Waals surface area contributed by atoms with E-state index < -0.39 is 5.24 Å². The summed E-state index contributed by atoms with van der Waals surface area (Å²) >= 11 is 14.3. The van der Waals surface area contributed by atoms with Crippen LogP contribution in [0.25, 0.3) is 0 Å². The number of carbonyl (C=O) groups excluding carboxylic acids is 1. The summed E-state index contributed by atoms with van der Waals surface area (Å²) < 4.78 is 0.830.